The van der Waals surface area contributed by atoms with Crippen molar-refractivity contribution in [3.63, 3.8) is 0 Å². The highest BCUT2D eigenvalue weighted by Crippen LogP contribution is 2.35. The summed E-state index contributed by atoms with van der Waals surface area (Å²) in [5.41, 5.74) is 7.47. The number of nitrogens with two attached hydrogens (primary N) is 1. The van der Waals surface area contributed by atoms with Crippen molar-refractivity contribution in [2.24, 2.45) is 10.7 Å². The summed E-state index contributed by atoms with van der Waals surface area (Å²) in [6.45, 7) is -0.131. The average molecular weight is 489 g/mol. The van der Waals surface area contributed by atoms with Crippen molar-refractivity contribution in [3.05, 3.63) is 65.7 Å². The number of amides is 4. The van der Waals surface area contributed by atoms with Crippen LogP contribution in [0, 0.1) is 0 Å². The number of benzodiazepines with no additional fused rings is 1. The fourth-order valence-electron chi connectivity index (χ4n) is 5.79. The number of urea groups is 1. The molecule has 0 unspecified atom stereocenters. The van der Waals surface area contributed by atoms with Crippen molar-refractivity contribution in [3.8, 4) is 0 Å². The average Bonchev–Trinajstić information content (AvgIpc) is 3.52. The standard InChI is InChI=1S/C28H33N5O3/c1-33(26(36)32-28(17-9-10-18-28)31-25(35)27(29)15-7-8-16-27)22-14-6-5-13-21(22)24(30-19-23(33)34)20-11-3-2-4-12-20/h2-6,11-14H,7-10,15-19,29H2,1H3,(H-,31,32,35,36)/p+1/t33-/m1/s1. The number of fused-ring (bicyclic) bond motifs is 1. The van der Waals surface area contributed by atoms with Crippen LogP contribution in [0.4, 0.5) is 10.5 Å². The molecule has 8 heteroatoms. The quantitative estimate of drug-likeness (QED) is 0.452. The smallest absolute Gasteiger partial charge is 0.332 e. The Kier molecular flexibility index (Phi) is 6.26. The second kappa shape index (κ2) is 9.26. The molecule has 2 saturated carbocycles. The number of nitrogens with zero attached hydrogens (tertiary/aromatic N) is 2. The number of hydrogen-bond donors (Lipinski definition) is 3. The molecule has 5 rings (SSSR count). The van der Waals surface area contributed by atoms with Crippen molar-refractivity contribution in [2.75, 3.05) is 13.6 Å². The Morgan fingerprint density at radius 3 is 2.19 bits per heavy atom. The SMILES string of the molecule is C[N@+]1(C(=O)NC2(NC(=O)C3(N)CCCC3)CCCC2)C(=O)CN=C(c2ccccc2)c2ccccc21. The number of quaternary nitrogens is 1. The minimum atomic E-state index is -0.922. The maximum absolute atomic E-state index is 14.0. The van der Waals surface area contributed by atoms with E-state index in [-0.39, 0.29) is 18.4 Å². The zero-order valence-electron chi connectivity index (χ0n) is 20.8. The second-order valence-corrected chi connectivity index (χ2v) is 10.5. The van der Waals surface area contributed by atoms with Gasteiger partial charge in [-0.1, -0.05) is 55.3 Å². The van der Waals surface area contributed by atoms with Crippen LogP contribution < -0.4 is 20.9 Å². The van der Waals surface area contributed by atoms with Crippen molar-refractivity contribution < 1.29 is 14.4 Å². The molecule has 188 valence electrons. The number of hydrogen-bond acceptors (Lipinski definition) is 5. The molecule has 1 aliphatic heterocycles. The van der Waals surface area contributed by atoms with Crippen molar-refractivity contribution >= 4 is 29.2 Å². The van der Waals surface area contributed by atoms with Crippen LogP contribution in [0.15, 0.2) is 59.6 Å². The molecular weight excluding hydrogens is 454 g/mol. The molecule has 2 fully saturated rings. The minimum Gasteiger partial charge on any atom is -0.332 e. The first-order valence-electron chi connectivity index (χ1n) is 12.8. The summed E-state index contributed by atoms with van der Waals surface area (Å²) in [6, 6.07) is 16.6. The van der Waals surface area contributed by atoms with Gasteiger partial charge in [-0.15, -0.1) is 4.48 Å². The zero-order valence-corrected chi connectivity index (χ0v) is 20.8. The van der Waals surface area contributed by atoms with Crippen LogP contribution in [0.25, 0.3) is 0 Å². The third-order valence-electron chi connectivity index (χ3n) is 8.07. The van der Waals surface area contributed by atoms with Crippen LogP contribution in [0.3, 0.4) is 0 Å². The van der Waals surface area contributed by atoms with E-state index in [0.29, 0.717) is 37.1 Å². The first-order valence-corrected chi connectivity index (χ1v) is 12.8. The van der Waals surface area contributed by atoms with Gasteiger partial charge in [-0.3, -0.25) is 15.1 Å². The molecule has 0 spiro atoms. The predicted octanol–water partition coefficient (Wildman–Crippen LogP) is 3.37. The van der Waals surface area contributed by atoms with E-state index >= 15 is 0 Å². The van der Waals surface area contributed by atoms with Crippen LogP contribution in [-0.2, 0) is 9.59 Å². The summed E-state index contributed by atoms with van der Waals surface area (Å²) < 4.78 is -0.582. The highest BCUT2D eigenvalue weighted by molar-refractivity contribution is 6.22. The van der Waals surface area contributed by atoms with Gasteiger partial charge in [-0.2, -0.15) is 0 Å². The summed E-state index contributed by atoms with van der Waals surface area (Å²) in [4.78, 5) is 45.5. The van der Waals surface area contributed by atoms with Gasteiger partial charge in [0.05, 0.1) is 23.9 Å². The Balaban J connectivity index is 1.48. The monoisotopic (exact) mass is 488 g/mol. The third-order valence-corrected chi connectivity index (χ3v) is 8.07. The lowest BCUT2D eigenvalue weighted by Crippen LogP contribution is -2.70. The number of para-hydroxylation sites is 1. The summed E-state index contributed by atoms with van der Waals surface area (Å²) in [6.07, 6.45) is 6.07. The number of carbonyl (C=O) groups is 3. The predicted molar refractivity (Wildman–Crippen MR) is 139 cm³/mol. The molecule has 4 N–H and O–H groups in total. The van der Waals surface area contributed by atoms with Gasteiger partial charge in [0.2, 0.25) is 5.91 Å². The molecule has 2 aromatic carbocycles. The molecule has 0 saturated heterocycles. The van der Waals surface area contributed by atoms with Gasteiger partial charge >= 0.3 is 11.9 Å². The molecule has 4 amide bonds. The number of nitrogens with one attached hydrogen (secondary N) is 2. The normalized spacial score (nSPS) is 24.4. The molecular formula is C28H34N5O3+. The van der Waals surface area contributed by atoms with Crippen LogP contribution in [0.1, 0.15) is 62.5 Å². The number of imide groups is 1. The van der Waals surface area contributed by atoms with Gasteiger partial charge in [-0.05, 0) is 44.6 Å². The highest BCUT2D eigenvalue weighted by Gasteiger charge is 2.51. The zero-order chi connectivity index (χ0) is 25.4. The van der Waals surface area contributed by atoms with E-state index in [4.69, 9.17) is 5.73 Å². The van der Waals surface area contributed by atoms with Gasteiger partial charge in [0, 0.05) is 11.6 Å². The van der Waals surface area contributed by atoms with Crippen LogP contribution >= 0.6 is 0 Å². The number of benzene rings is 2. The Morgan fingerprint density at radius 2 is 1.50 bits per heavy atom. The summed E-state index contributed by atoms with van der Waals surface area (Å²) >= 11 is 0. The molecule has 0 aromatic heterocycles. The van der Waals surface area contributed by atoms with Crippen LogP contribution in [0.5, 0.6) is 0 Å². The summed E-state index contributed by atoms with van der Waals surface area (Å²) in [5.74, 6) is -0.557. The molecule has 36 heavy (non-hydrogen) atoms. The molecule has 0 bridgehead atoms. The molecule has 3 aliphatic rings. The van der Waals surface area contributed by atoms with E-state index in [1.54, 1.807) is 7.05 Å². The first kappa shape index (κ1) is 24.3. The van der Waals surface area contributed by atoms with Crippen molar-refractivity contribution in [2.45, 2.75) is 62.6 Å². The lowest BCUT2D eigenvalue weighted by Gasteiger charge is -2.37. The van der Waals surface area contributed by atoms with E-state index < -0.39 is 21.7 Å². The Morgan fingerprint density at radius 1 is 0.889 bits per heavy atom. The lowest BCUT2D eigenvalue weighted by atomic mass is 9.96. The first-order chi connectivity index (χ1) is 17.3. The molecule has 0 radical (unpaired) electrons. The largest absolute Gasteiger partial charge is 0.430 e. The second-order valence-electron chi connectivity index (χ2n) is 10.5. The van der Waals surface area contributed by atoms with E-state index in [1.807, 2.05) is 54.6 Å². The topological polar surface area (TPSA) is 114 Å². The lowest BCUT2D eigenvalue weighted by molar-refractivity contribution is -0.128. The fourth-order valence-corrected chi connectivity index (χ4v) is 5.79. The summed E-state index contributed by atoms with van der Waals surface area (Å²) in [7, 11) is 1.62. The van der Waals surface area contributed by atoms with Gasteiger partial charge in [0.1, 0.15) is 5.66 Å². The molecule has 1 heterocycles. The van der Waals surface area contributed by atoms with Crippen LogP contribution in [0.2, 0.25) is 0 Å². The van der Waals surface area contributed by atoms with E-state index in [0.717, 1.165) is 36.8 Å². The Labute approximate surface area is 211 Å². The van der Waals surface area contributed by atoms with E-state index in [2.05, 4.69) is 15.6 Å². The fraction of sp³-hybridized carbons (Fsp3) is 0.429. The summed E-state index contributed by atoms with van der Waals surface area (Å²) in [5, 5.41) is 6.21. The van der Waals surface area contributed by atoms with Gasteiger partial charge in [0.15, 0.2) is 12.2 Å². The van der Waals surface area contributed by atoms with Crippen LogP contribution in [-0.4, -0.2) is 48.4 Å². The van der Waals surface area contributed by atoms with Gasteiger partial charge in [0.25, 0.3) is 0 Å². The van der Waals surface area contributed by atoms with E-state index in [9.17, 15) is 14.4 Å². The number of rotatable bonds is 4. The Bertz CT molecular complexity index is 1210. The maximum Gasteiger partial charge on any atom is 0.430 e. The van der Waals surface area contributed by atoms with E-state index in [1.165, 1.54) is 0 Å². The number of likely N-dealkylation sites (N-methyl/N-ethyl adjacent to an activating group) is 1. The number of aliphatic imine (C=N–C) groups is 1. The maximum atomic E-state index is 14.0. The minimum absolute atomic E-state index is 0.131. The Hall–Kier alpha value is -3.36. The molecule has 2 aromatic rings. The van der Waals surface area contributed by atoms with Crippen molar-refractivity contribution in [1.29, 1.82) is 0 Å². The van der Waals surface area contributed by atoms with Crippen molar-refractivity contribution in [1.82, 2.24) is 15.1 Å². The molecule has 8 nitrogen and oxygen atoms in total. The molecule has 1 atom stereocenters. The number of carbonyl (C=O) groups excluding carboxylic acids is 3. The highest BCUT2D eigenvalue weighted by atomic mass is 16.2. The van der Waals surface area contributed by atoms with Gasteiger partial charge < -0.3 is 11.1 Å². The third kappa shape index (κ3) is 4.14. The van der Waals surface area contributed by atoms with Gasteiger partial charge in [-0.25, -0.2) is 9.59 Å². The molecule has 2 aliphatic carbocycles.